The summed E-state index contributed by atoms with van der Waals surface area (Å²) in [5.74, 6) is -1.88. The molecule has 0 aliphatic carbocycles. The number of phenolic OH excluding ortho intramolecular Hbond substituents is 4. The molecule has 1 aliphatic heterocycles. The Morgan fingerprint density at radius 2 is 1.33 bits per heavy atom. The molecule has 0 radical (unpaired) electrons. The molecule has 2 aromatic heterocycles. The van der Waals surface area contributed by atoms with Gasteiger partial charge in [0, 0.05) is 28.6 Å². The van der Waals surface area contributed by atoms with Gasteiger partial charge in [-0.2, -0.15) is 0 Å². The molecule has 1 fully saturated rings. The largest absolute Gasteiger partial charge is 0.504 e. The van der Waals surface area contributed by atoms with Gasteiger partial charge in [-0.3, -0.25) is 4.79 Å². The van der Waals surface area contributed by atoms with E-state index in [4.69, 9.17) is 18.3 Å². The Morgan fingerprint density at radius 1 is 0.714 bits per heavy atom. The molecular formula is C29H24O13. The molecule has 1 saturated heterocycles. The second-order valence-corrected chi connectivity index (χ2v) is 9.80. The summed E-state index contributed by atoms with van der Waals surface area (Å²) in [6, 6.07) is 11.5. The zero-order chi connectivity index (χ0) is 29.9. The van der Waals surface area contributed by atoms with Crippen molar-refractivity contribution in [1.82, 2.24) is 0 Å². The van der Waals surface area contributed by atoms with Crippen molar-refractivity contribution in [2.24, 2.45) is 0 Å². The number of aromatic hydroxyl groups is 4. The summed E-state index contributed by atoms with van der Waals surface area (Å²) in [6.07, 6.45) is -8.16. The van der Waals surface area contributed by atoms with E-state index in [1.54, 1.807) is 0 Å². The van der Waals surface area contributed by atoms with Crippen LogP contribution in [-0.2, 0) is 4.74 Å². The quantitative estimate of drug-likeness (QED) is 0.139. The molecule has 0 amide bonds. The van der Waals surface area contributed by atoms with Crippen molar-refractivity contribution < 1.29 is 59.2 Å². The lowest BCUT2D eigenvalue weighted by atomic mass is 9.99. The third-order valence-corrected chi connectivity index (χ3v) is 7.05. The maximum atomic E-state index is 12.6. The van der Waals surface area contributed by atoms with Gasteiger partial charge >= 0.3 is 0 Å². The smallest absolute Gasteiger partial charge is 0.229 e. The molecule has 42 heavy (non-hydrogen) atoms. The number of aliphatic hydroxyl groups is 4. The van der Waals surface area contributed by atoms with E-state index in [2.05, 4.69) is 0 Å². The van der Waals surface area contributed by atoms with Crippen LogP contribution < -0.4 is 10.2 Å². The van der Waals surface area contributed by atoms with Crippen LogP contribution in [0.3, 0.4) is 0 Å². The molecule has 8 N–H and O–H groups in total. The van der Waals surface area contributed by atoms with Crippen molar-refractivity contribution in [3.63, 3.8) is 0 Å². The molecule has 0 bridgehead atoms. The Labute approximate surface area is 234 Å². The van der Waals surface area contributed by atoms with Crippen LogP contribution in [-0.4, -0.2) is 78.2 Å². The minimum Gasteiger partial charge on any atom is -0.504 e. The SMILES string of the molecule is O=c1cc2oc(-c3ccc(O)c(O)c3)cc3c(O[C@@H]4O[C@H](CO)[C@@H](O)[C@H](O)[C@H]4O)c(-c4ccc(O)c(O)c4)oc(c1)c23. The van der Waals surface area contributed by atoms with Gasteiger partial charge in [0.1, 0.15) is 41.3 Å². The van der Waals surface area contributed by atoms with E-state index in [0.717, 1.165) is 6.07 Å². The maximum Gasteiger partial charge on any atom is 0.229 e. The Balaban J connectivity index is 1.65. The molecule has 13 heteroatoms. The minimum atomic E-state index is -1.80. The summed E-state index contributed by atoms with van der Waals surface area (Å²) in [5.41, 5.74) is 0.0534. The molecular weight excluding hydrogens is 556 g/mol. The van der Waals surface area contributed by atoms with Gasteiger partial charge in [0.15, 0.2) is 39.9 Å². The zero-order valence-electron chi connectivity index (χ0n) is 21.4. The Kier molecular flexibility index (Phi) is 6.68. The van der Waals surface area contributed by atoms with Crippen LogP contribution in [0.25, 0.3) is 44.6 Å². The topological polar surface area (TPSA) is 224 Å². The standard InChI is InChI=1S/C29H24O13/c30-10-22-24(36)25(37)26(38)29(41-22)42-28-14-9-19(11-1-3-15(32)17(34)5-11)39-20-7-13(31)8-21(23(14)20)40-27(28)12-2-4-16(33)18(35)6-12/h1-9,22,24-26,29-30,32-38H,10H2/t22-,24-,25+,26-,29+/m1/s1. The van der Waals surface area contributed by atoms with Gasteiger partial charge in [-0.05, 0) is 42.5 Å². The molecule has 1 aliphatic rings. The van der Waals surface area contributed by atoms with Gasteiger partial charge in [-0.1, -0.05) is 0 Å². The molecule has 0 unspecified atom stereocenters. The van der Waals surface area contributed by atoms with Crippen molar-refractivity contribution >= 4 is 21.9 Å². The molecule has 6 rings (SSSR count). The fourth-order valence-corrected chi connectivity index (χ4v) is 4.87. The number of ether oxygens (including phenoxy) is 2. The average Bonchev–Trinajstić information content (AvgIpc) is 2.96. The van der Waals surface area contributed by atoms with Crippen LogP contribution in [0.15, 0.2) is 68.2 Å². The van der Waals surface area contributed by atoms with Crippen LogP contribution in [0, 0.1) is 0 Å². The highest BCUT2D eigenvalue weighted by Crippen LogP contribution is 2.46. The molecule has 5 atom stereocenters. The highest BCUT2D eigenvalue weighted by Gasteiger charge is 2.45. The van der Waals surface area contributed by atoms with Crippen LogP contribution in [0.5, 0.6) is 28.7 Å². The van der Waals surface area contributed by atoms with Crippen molar-refractivity contribution in [2.75, 3.05) is 6.61 Å². The third kappa shape index (κ3) is 4.55. The Morgan fingerprint density at radius 3 is 1.98 bits per heavy atom. The van der Waals surface area contributed by atoms with Gasteiger partial charge < -0.3 is 59.2 Å². The molecule has 0 spiro atoms. The first kappa shape index (κ1) is 27.4. The zero-order valence-corrected chi connectivity index (χ0v) is 21.4. The minimum absolute atomic E-state index is 0.0417. The van der Waals surface area contributed by atoms with E-state index < -0.39 is 60.0 Å². The van der Waals surface area contributed by atoms with Gasteiger partial charge in [0.25, 0.3) is 0 Å². The van der Waals surface area contributed by atoms with Crippen molar-refractivity contribution in [2.45, 2.75) is 30.7 Å². The number of hydrogen-bond donors (Lipinski definition) is 8. The molecule has 13 nitrogen and oxygen atoms in total. The maximum absolute atomic E-state index is 12.6. The first-order valence-electron chi connectivity index (χ1n) is 12.6. The van der Waals surface area contributed by atoms with Gasteiger partial charge in [-0.15, -0.1) is 0 Å². The van der Waals surface area contributed by atoms with Crippen LogP contribution in [0.4, 0.5) is 0 Å². The second kappa shape index (κ2) is 10.2. The molecule has 3 aromatic carbocycles. The summed E-state index contributed by atoms with van der Waals surface area (Å²) in [5, 5.41) is 81.4. The van der Waals surface area contributed by atoms with Gasteiger partial charge in [-0.25, -0.2) is 0 Å². The highest BCUT2D eigenvalue weighted by atomic mass is 16.7. The van der Waals surface area contributed by atoms with Crippen molar-refractivity contribution in [1.29, 1.82) is 0 Å². The van der Waals surface area contributed by atoms with E-state index >= 15 is 0 Å². The number of rotatable bonds is 5. The average molecular weight is 580 g/mol. The van der Waals surface area contributed by atoms with E-state index in [1.165, 1.54) is 48.5 Å². The number of phenols is 4. The number of benzene rings is 3. The highest BCUT2D eigenvalue weighted by molar-refractivity contribution is 6.10. The summed E-state index contributed by atoms with van der Waals surface area (Å²) in [6.45, 7) is -0.711. The molecule has 218 valence electrons. The van der Waals surface area contributed by atoms with E-state index in [-0.39, 0.29) is 50.5 Å². The van der Waals surface area contributed by atoms with Crippen LogP contribution in [0.2, 0.25) is 0 Å². The predicted molar refractivity (Wildman–Crippen MR) is 144 cm³/mol. The summed E-state index contributed by atoms with van der Waals surface area (Å²) >= 11 is 0. The predicted octanol–water partition coefficient (Wildman–Crippen LogP) is 1.87. The summed E-state index contributed by atoms with van der Waals surface area (Å²) in [4.78, 5) is 12.6. The first-order chi connectivity index (χ1) is 20.0. The van der Waals surface area contributed by atoms with Crippen LogP contribution >= 0.6 is 0 Å². The molecule has 0 saturated carbocycles. The fourth-order valence-electron chi connectivity index (χ4n) is 4.87. The number of hydrogen-bond acceptors (Lipinski definition) is 13. The Hall–Kier alpha value is -4.79. The Bertz CT molecular complexity index is 1850. The molecule has 3 heterocycles. The summed E-state index contributed by atoms with van der Waals surface area (Å²) in [7, 11) is 0. The second-order valence-electron chi connectivity index (χ2n) is 9.80. The van der Waals surface area contributed by atoms with Gasteiger partial charge in [0.2, 0.25) is 6.29 Å². The lowest BCUT2D eigenvalue weighted by Crippen LogP contribution is -2.60. The third-order valence-electron chi connectivity index (χ3n) is 7.05. The van der Waals surface area contributed by atoms with Crippen molar-refractivity contribution in [3.8, 4) is 51.4 Å². The molecule has 5 aromatic rings. The lowest BCUT2D eigenvalue weighted by Gasteiger charge is -2.39. The summed E-state index contributed by atoms with van der Waals surface area (Å²) < 4.78 is 23.7. The lowest BCUT2D eigenvalue weighted by molar-refractivity contribution is -0.277. The van der Waals surface area contributed by atoms with Crippen LogP contribution in [0.1, 0.15) is 0 Å². The van der Waals surface area contributed by atoms with E-state index in [0.29, 0.717) is 5.56 Å². The first-order valence-corrected chi connectivity index (χ1v) is 12.6. The van der Waals surface area contributed by atoms with Gasteiger partial charge in [0.05, 0.1) is 12.0 Å². The normalized spacial score (nSPS) is 22.5. The van der Waals surface area contributed by atoms with Crippen molar-refractivity contribution in [3.05, 3.63) is 64.8 Å². The fraction of sp³-hybridized carbons (Fsp3) is 0.207. The van der Waals surface area contributed by atoms with E-state index in [9.17, 15) is 45.6 Å². The van der Waals surface area contributed by atoms with E-state index in [1.807, 2.05) is 0 Å². The number of aliphatic hydroxyl groups excluding tert-OH is 4. The monoisotopic (exact) mass is 580 g/mol.